The smallest absolute Gasteiger partial charge is 0.306 e. The molecule has 204 valence electrons. The largest absolute Gasteiger partial charge is 0.466 e. The lowest BCUT2D eigenvalue weighted by Crippen LogP contribution is -2.22. The van der Waals surface area contributed by atoms with Crippen LogP contribution in [0.3, 0.4) is 0 Å². The van der Waals surface area contributed by atoms with E-state index >= 15 is 0 Å². The molecule has 0 saturated carbocycles. The normalized spacial score (nSPS) is 20.6. The lowest BCUT2D eigenvalue weighted by atomic mass is 10.1. The number of esters is 2. The molecular formula is C28H50O6S. The molecule has 0 N–H and O–H groups in total. The minimum atomic E-state index is -0.141. The molecule has 4 atom stereocenters. The van der Waals surface area contributed by atoms with Crippen LogP contribution in [-0.2, 0) is 28.5 Å². The molecule has 0 spiro atoms. The van der Waals surface area contributed by atoms with Crippen molar-refractivity contribution < 1.29 is 28.5 Å². The Balaban J connectivity index is 1.70. The molecule has 6 nitrogen and oxygen atoms in total. The molecule has 4 unspecified atom stereocenters. The molecule has 2 fully saturated rings. The molecule has 0 aromatic rings. The van der Waals surface area contributed by atoms with Crippen LogP contribution in [0.1, 0.15) is 105 Å². The Morgan fingerprint density at radius 2 is 1.11 bits per heavy atom. The first-order valence-electron chi connectivity index (χ1n) is 14.0. The van der Waals surface area contributed by atoms with Crippen LogP contribution in [0.15, 0.2) is 0 Å². The molecule has 0 aliphatic carbocycles. The first-order chi connectivity index (χ1) is 16.8. The fraction of sp³-hybridized carbons (Fsp3) is 0.929. The molecular weight excluding hydrogens is 464 g/mol. The zero-order valence-corrected chi connectivity index (χ0v) is 23.5. The SMILES string of the molecule is CC(C)CCCCCOC(=O)CC(CC1CO1)SC(CC(=O)OCCCCCC(C)C)CC1CO1. The van der Waals surface area contributed by atoms with Crippen molar-refractivity contribution in [2.75, 3.05) is 26.4 Å². The maximum absolute atomic E-state index is 12.5. The van der Waals surface area contributed by atoms with Crippen LogP contribution in [0.4, 0.5) is 0 Å². The zero-order valence-electron chi connectivity index (χ0n) is 22.6. The molecule has 0 aromatic carbocycles. The van der Waals surface area contributed by atoms with Gasteiger partial charge in [-0.15, -0.1) is 0 Å². The molecule has 0 amide bonds. The Kier molecular flexibility index (Phi) is 15.3. The zero-order chi connectivity index (χ0) is 25.5. The van der Waals surface area contributed by atoms with Crippen LogP contribution in [0.25, 0.3) is 0 Å². The Hall–Kier alpha value is -0.790. The van der Waals surface area contributed by atoms with Gasteiger partial charge in [0.05, 0.1) is 51.5 Å². The molecule has 2 heterocycles. The molecule has 2 rings (SSSR count). The minimum absolute atomic E-state index is 0.0866. The highest BCUT2D eigenvalue weighted by atomic mass is 32.2. The van der Waals surface area contributed by atoms with Crippen molar-refractivity contribution in [3.63, 3.8) is 0 Å². The van der Waals surface area contributed by atoms with E-state index in [0.29, 0.717) is 26.1 Å². The summed E-state index contributed by atoms with van der Waals surface area (Å²) >= 11 is 1.72. The second-order valence-corrected chi connectivity index (χ2v) is 12.7. The Bertz CT molecular complexity index is 538. The van der Waals surface area contributed by atoms with E-state index in [2.05, 4.69) is 27.7 Å². The van der Waals surface area contributed by atoms with Crippen molar-refractivity contribution in [1.82, 2.24) is 0 Å². The van der Waals surface area contributed by atoms with Gasteiger partial charge in [0.25, 0.3) is 0 Å². The minimum Gasteiger partial charge on any atom is -0.466 e. The summed E-state index contributed by atoms with van der Waals surface area (Å²) in [4.78, 5) is 25.0. The third kappa shape index (κ3) is 17.3. The number of ether oxygens (including phenoxy) is 4. The summed E-state index contributed by atoms with van der Waals surface area (Å²) in [5.74, 6) is 1.16. The molecule has 0 bridgehead atoms. The summed E-state index contributed by atoms with van der Waals surface area (Å²) in [6.45, 7) is 11.5. The molecule has 0 radical (unpaired) electrons. The predicted octanol–water partition coefficient (Wildman–Crippen LogP) is 6.33. The third-order valence-corrected chi connectivity index (χ3v) is 7.90. The number of hydrogen-bond donors (Lipinski definition) is 0. The summed E-state index contributed by atoms with van der Waals surface area (Å²) in [6, 6.07) is 0. The quantitative estimate of drug-likeness (QED) is 0.0948. The van der Waals surface area contributed by atoms with Gasteiger partial charge >= 0.3 is 11.9 Å². The van der Waals surface area contributed by atoms with E-state index in [0.717, 1.165) is 63.6 Å². The summed E-state index contributed by atoms with van der Waals surface area (Å²) in [5, 5.41) is 0.173. The molecule has 35 heavy (non-hydrogen) atoms. The van der Waals surface area contributed by atoms with E-state index < -0.39 is 0 Å². The number of epoxide rings is 2. The van der Waals surface area contributed by atoms with E-state index in [1.807, 2.05) is 0 Å². The van der Waals surface area contributed by atoms with Gasteiger partial charge in [-0.05, 0) is 37.5 Å². The Labute approximate surface area is 217 Å². The van der Waals surface area contributed by atoms with Crippen molar-refractivity contribution in [1.29, 1.82) is 0 Å². The second-order valence-electron chi connectivity index (χ2n) is 11.1. The van der Waals surface area contributed by atoms with Crippen LogP contribution >= 0.6 is 11.8 Å². The number of thioether (sulfide) groups is 1. The van der Waals surface area contributed by atoms with Gasteiger partial charge in [-0.1, -0.05) is 66.2 Å². The Morgan fingerprint density at radius 1 is 0.714 bits per heavy atom. The van der Waals surface area contributed by atoms with Crippen LogP contribution < -0.4 is 0 Å². The van der Waals surface area contributed by atoms with Gasteiger partial charge in [0.2, 0.25) is 0 Å². The second kappa shape index (κ2) is 17.6. The standard InChI is InChI=1S/C28H50O6S/c1-21(2)11-7-5-9-13-31-27(29)17-25(15-23-19-33-23)35-26(16-24-20-34-24)18-28(30)32-14-10-6-8-12-22(3)4/h21-26H,5-20H2,1-4H3. The topological polar surface area (TPSA) is 77.7 Å². The number of carbonyl (C=O) groups excluding carboxylic acids is 2. The molecule has 2 aliphatic rings. The highest BCUT2D eigenvalue weighted by Crippen LogP contribution is 2.35. The summed E-state index contributed by atoms with van der Waals surface area (Å²) in [5.41, 5.74) is 0. The van der Waals surface area contributed by atoms with Gasteiger partial charge in [0.15, 0.2) is 0 Å². The maximum atomic E-state index is 12.5. The summed E-state index contributed by atoms with van der Waals surface area (Å²) in [7, 11) is 0. The van der Waals surface area contributed by atoms with E-state index in [4.69, 9.17) is 18.9 Å². The van der Waals surface area contributed by atoms with Crippen LogP contribution in [0.2, 0.25) is 0 Å². The maximum Gasteiger partial charge on any atom is 0.306 e. The number of rotatable bonds is 22. The number of unbranched alkanes of at least 4 members (excludes halogenated alkanes) is 4. The van der Waals surface area contributed by atoms with Gasteiger partial charge in [-0.25, -0.2) is 0 Å². The van der Waals surface area contributed by atoms with Gasteiger partial charge in [0.1, 0.15) is 0 Å². The molecule has 0 aromatic heterocycles. The predicted molar refractivity (Wildman–Crippen MR) is 142 cm³/mol. The monoisotopic (exact) mass is 514 g/mol. The van der Waals surface area contributed by atoms with Crippen LogP contribution in [0, 0.1) is 11.8 Å². The lowest BCUT2D eigenvalue weighted by Gasteiger charge is -2.22. The number of hydrogen-bond acceptors (Lipinski definition) is 7. The van der Waals surface area contributed by atoms with Gasteiger partial charge in [-0.3, -0.25) is 9.59 Å². The van der Waals surface area contributed by atoms with Crippen molar-refractivity contribution in [2.24, 2.45) is 11.8 Å². The summed E-state index contributed by atoms with van der Waals surface area (Å²) in [6.07, 6.45) is 11.7. The molecule has 7 heteroatoms. The Morgan fingerprint density at radius 3 is 1.46 bits per heavy atom. The average Bonchev–Trinajstić information content (AvgIpc) is 3.70. The van der Waals surface area contributed by atoms with Gasteiger partial charge in [0, 0.05) is 10.5 Å². The van der Waals surface area contributed by atoms with Crippen LogP contribution in [0.5, 0.6) is 0 Å². The van der Waals surface area contributed by atoms with Crippen molar-refractivity contribution >= 4 is 23.7 Å². The van der Waals surface area contributed by atoms with Crippen molar-refractivity contribution in [3.8, 4) is 0 Å². The highest BCUT2D eigenvalue weighted by molar-refractivity contribution is 8.00. The van der Waals surface area contributed by atoms with Crippen molar-refractivity contribution in [2.45, 2.75) is 127 Å². The van der Waals surface area contributed by atoms with E-state index in [1.54, 1.807) is 11.8 Å². The van der Waals surface area contributed by atoms with Gasteiger partial charge < -0.3 is 18.9 Å². The molecule has 2 saturated heterocycles. The lowest BCUT2D eigenvalue weighted by molar-refractivity contribution is -0.144. The first kappa shape index (κ1) is 30.4. The van der Waals surface area contributed by atoms with Crippen molar-refractivity contribution in [3.05, 3.63) is 0 Å². The number of carbonyl (C=O) groups is 2. The van der Waals surface area contributed by atoms with Crippen LogP contribution in [-0.4, -0.2) is 61.1 Å². The fourth-order valence-corrected chi connectivity index (χ4v) is 5.83. The van der Waals surface area contributed by atoms with E-state index in [1.165, 1.54) is 25.7 Å². The third-order valence-electron chi connectivity index (χ3n) is 6.41. The first-order valence-corrected chi connectivity index (χ1v) is 15.0. The van der Waals surface area contributed by atoms with Gasteiger partial charge in [-0.2, -0.15) is 11.8 Å². The summed E-state index contributed by atoms with van der Waals surface area (Å²) < 4.78 is 21.9. The van der Waals surface area contributed by atoms with E-state index in [-0.39, 0.29) is 34.6 Å². The molecule has 2 aliphatic heterocycles. The fourth-order valence-electron chi connectivity index (χ4n) is 4.17. The highest BCUT2D eigenvalue weighted by Gasteiger charge is 2.34. The average molecular weight is 515 g/mol. The van der Waals surface area contributed by atoms with E-state index in [9.17, 15) is 9.59 Å².